The summed E-state index contributed by atoms with van der Waals surface area (Å²) in [6, 6.07) is 17.8. The van der Waals surface area contributed by atoms with E-state index in [1.165, 1.54) is 36.4 Å². The Morgan fingerprint density at radius 2 is 1.59 bits per heavy atom. The predicted molar refractivity (Wildman–Crippen MR) is 146 cm³/mol. The van der Waals surface area contributed by atoms with E-state index in [2.05, 4.69) is 20.6 Å². The summed E-state index contributed by atoms with van der Waals surface area (Å²) in [6.07, 6.45) is 0.242. The smallest absolute Gasteiger partial charge is 0.270 e. The van der Waals surface area contributed by atoms with Crippen molar-refractivity contribution in [3.8, 4) is 0 Å². The zero-order chi connectivity index (χ0) is 27.4. The van der Waals surface area contributed by atoms with Gasteiger partial charge in [-0.1, -0.05) is 36.0 Å². The molecule has 8 nitrogen and oxygen atoms in total. The van der Waals surface area contributed by atoms with Crippen LogP contribution in [0.2, 0.25) is 0 Å². The molecule has 0 saturated heterocycles. The molecule has 3 amide bonds. The predicted octanol–water partition coefficient (Wildman–Crippen LogP) is 4.39. The lowest BCUT2D eigenvalue weighted by Gasteiger charge is -2.31. The molecular formula is C28H23F2N5O3S. The first kappa shape index (κ1) is 26.2. The van der Waals surface area contributed by atoms with Gasteiger partial charge in [0.05, 0.1) is 11.4 Å². The zero-order valence-corrected chi connectivity index (χ0v) is 21.4. The number of carbonyl (C=O) groups is 3. The molecule has 39 heavy (non-hydrogen) atoms. The third-order valence-corrected chi connectivity index (χ3v) is 7.07. The average molecular weight is 548 g/mol. The Bertz CT molecular complexity index is 1480. The van der Waals surface area contributed by atoms with Crippen LogP contribution in [0.4, 0.5) is 20.2 Å². The van der Waals surface area contributed by atoms with Crippen molar-refractivity contribution in [3.63, 3.8) is 0 Å². The van der Waals surface area contributed by atoms with E-state index in [1.807, 2.05) is 18.2 Å². The van der Waals surface area contributed by atoms with Crippen LogP contribution in [0.1, 0.15) is 24.0 Å². The first-order chi connectivity index (χ1) is 18.9. The maximum absolute atomic E-state index is 13.2. The molecule has 1 unspecified atom stereocenters. The maximum atomic E-state index is 13.2. The van der Waals surface area contributed by atoms with Crippen molar-refractivity contribution in [2.75, 3.05) is 11.1 Å². The molecule has 0 aromatic heterocycles. The highest BCUT2D eigenvalue weighted by Gasteiger charge is 2.41. The van der Waals surface area contributed by atoms with Gasteiger partial charge in [-0.3, -0.25) is 19.3 Å². The Balaban J connectivity index is 1.26. The van der Waals surface area contributed by atoms with E-state index in [0.29, 0.717) is 27.9 Å². The van der Waals surface area contributed by atoms with E-state index < -0.39 is 17.8 Å². The Morgan fingerprint density at radius 1 is 0.897 bits per heavy atom. The minimum absolute atomic E-state index is 0.0127. The second kappa shape index (κ2) is 11.6. The molecule has 0 spiro atoms. The van der Waals surface area contributed by atoms with Gasteiger partial charge in [0.25, 0.3) is 5.91 Å². The summed E-state index contributed by atoms with van der Waals surface area (Å²) >= 11 is 1.14. The summed E-state index contributed by atoms with van der Waals surface area (Å²) in [6.45, 7) is 0.238. The number of nitrogens with one attached hydrogen (secondary N) is 2. The molecule has 2 heterocycles. The fourth-order valence-electron chi connectivity index (χ4n) is 4.20. The highest BCUT2D eigenvalue weighted by atomic mass is 32.2. The molecule has 198 valence electrons. The van der Waals surface area contributed by atoms with Gasteiger partial charge in [-0.05, 0) is 60.5 Å². The largest absolute Gasteiger partial charge is 0.352 e. The lowest BCUT2D eigenvalue weighted by atomic mass is 10.1. The van der Waals surface area contributed by atoms with Crippen LogP contribution in [0.3, 0.4) is 0 Å². The molecule has 2 aliphatic rings. The number of amides is 3. The highest BCUT2D eigenvalue weighted by molar-refractivity contribution is 8.14. The zero-order valence-electron chi connectivity index (χ0n) is 20.6. The van der Waals surface area contributed by atoms with Gasteiger partial charge < -0.3 is 10.6 Å². The SMILES string of the molecule is O=C(CCC1C(=O)N=C2c3ccccc3N=C(SCC(=O)Nc3ccc(F)cc3)N21)NCc1ccc(F)cc1. The van der Waals surface area contributed by atoms with E-state index in [-0.39, 0.29) is 42.8 Å². The molecule has 1 atom stereocenters. The fraction of sp³-hybridized carbons (Fsp3) is 0.179. The Hall–Kier alpha value is -4.38. The number of thioether (sulfide) groups is 1. The lowest BCUT2D eigenvalue weighted by molar-refractivity contribution is -0.122. The number of hydrogen-bond donors (Lipinski definition) is 2. The summed E-state index contributed by atoms with van der Waals surface area (Å²) < 4.78 is 26.3. The monoisotopic (exact) mass is 547 g/mol. The number of fused-ring (bicyclic) bond motifs is 3. The van der Waals surface area contributed by atoms with Crippen LogP contribution >= 0.6 is 11.8 Å². The molecule has 5 rings (SSSR count). The van der Waals surface area contributed by atoms with Crippen molar-refractivity contribution >= 4 is 51.9 Å². The van der Waals surface area contributed by atoms with Crippen molar-refractivity contribution in [2.45, 2.75) is 25.4 Å². The first-order valence-electron chi connectivity index (χ1n) is 12.2. The van der Waals surface area contributed by atoms with Crippen LogP contribution in [-0.2, 0) is 20.9 Å². The summed E-state index contributed by atoms with van der Waals surface area (Å²) in [4.78, 5) is 48.7. The van der Waals surface area contributed by atoms with Crippen LogP contribution in [0.15, 0.2) is 82.8 Å². The number of benzene rings is 3. The van der Waals surface area contributed by atoms with E-state index in [1.54, 1.807) is 23.1 Å². The second-order valence-electron chi connectivity index (χ2n) is 8.86. The van der Waals surface area contributed by atoms with Gasteiger partial charge in [-0.25, -0.2) is 13.8 Å². The molecular weight excluding hydrogens is 524 g/mol. The number of rotatable bonds is 8. The minimum atomic E-state index is -0.753. The molecule has 3 aromatic carbocycles. The number of amidine groups is 2. The molecule has 11 heteroatoms. The molecule has 0 bridgehead atoms. The van der Waals surface area contributed by atoms with Gasteiger partial charge in [0.15, 0.2) is 5.17 Å². The Morgan fingerprint density at radius 3 is 2.33 bits per heavy atom. The van der Waals surface area contributed by atoms with E-state index in [9.17, 15) is 23.2 Å². The number of anilines is 1. The quantitative estimate of drug-likeness (QED) is 0.436. The lowest BCUT2D eigenvalue weighted by Crippen LogP contribution is -2.44. The van der Waals surface area contributed by atoms with Crippen LogP contribution in [0, 0.1) is 11.6 Å². The van der Waals surface area contributed by atoms with Crippen molar-refractivity contribution < 1.29 is 23.2 Å². The molecule has 0 saturated carbocycles. The Labute approximate surface area is 227 Å². The van der Waals surface area contributed by atoms with Crippen LogP contribution < -0.4 is 10.6 Å². The minimum Gasteiger partial charge on any atom is -0.352 e. The highest BCUT2D eigenvalue weighted by Crippen LogP contribution is 2.35. The third-order valence-electron chi connectivity index (χ3n) is 6.12. The normalized spacial score (nSPS) is 15.7. The van der Waals surface area contributed by atoms with Crippen molar-refractivity contribution in [1.82, 2.24) is 10.2 Å². The van der Waals surface area contributed by atoms with Crippen molar-refractivity contribution in [3.05, 3.63) is 95.6 Å². The number of para-hydroxylation sites is 1. The standard InChI is InChI=1S/C28H23F2N5O3S/c29-18-7-5-17(6-8-18)15-31-24(36)14-13-23-27(38)34-26-21-3-1-2-4-22(21)33-28(35(23)26)39-16-25(37)32-20-11-9-19(30)10-12-20/h1-12,23H,13-16H2,(H,31,36)(H,32,37). The summed E-state index contributed by atoms with van der Waals surface area (Å²) in [5.74, 6) is -1.32. The first-order valence-corrected chi connectivity index (χ1v) is 13.1. The average Bonchev–Trinajstić information content (AvgIpc) is 3.27. The van der Waals surface area contributed by atoms with Gasteiger partial charge in [0, 0.05) is 24.2 Å². The van der Waals surface area contributed by atoms with E-state index in [4.69, 9.17) is 0 Å². The van der Waals surface area contributed by atoms with Crippen molar-refractivity contribution in [2.24, 2.45) is 9.98 Å². The summed E-state index contributed by atoms with van der Waals surface area (Å²) in [5, 5.41) is 5.91. The van der Waals surface area contributed by atoms with Gasteiger partial charge >= 0.3 is 0 Å². The summed E-state index contributed by atoms with van der Waals surface area (Å²) in [5.41, 5.74) is 2.53. The van der Waals surface area contributed by atoms with Gasteiger partial charge in [-0.2, -0.15) is 4.99 Å². The molecule has 2 N–H and O–H groups in total. The summed E-state index contributed by atoms with van der Waals surface area (Å²) in [7, 11) is 0. The molecule has 0 aliphatic carbocycles. The number of halogens is 2. The Kier molecular flexibility index (Phi) is 7.78. The molecule has 0 radical (unpaired) electrons. The number of nitrogens with zero attached hydrogens (tertiary/aromatic N) is 3. The van der Waals surface area contributed by atoms with Crippen molar-refractivity contribution in [1.29, 1.82) is 0 Å². The molecule has 0 fully saturated rings. The van der Waals surface area contributed by atoms with Gasteiger partial charge in [-0.15, -0.1) is 0 Å². The van der Waals surface area contributed by atoms with Crippen LogP contribution in [0.5, 0.6) is 0 Å². The van der Waals surface area contributed by atoms with Crippen LogP contribution in [0.25, 0.3) is 0 Å². The molecule has 3 aromatic rings. The maximum Gasteiger partial charge on any atom is 0.270 e. The van der Waals surface area contributed by atoms with E-state index >= 15 is 0 Å². The van der Waals surface area contributed by atoms with Gasteiger partial charge in [0.2, 0.25) is 11.8 Å². The number of aliphatic imine (C=N–C) groups is 2. The third kappa shape index (κ3) is 6.20. The second-order valence-corrected chi connectivity index (χ2v) is 9.80. The molecule has 2 aliphatic heterocycles. The topological polar surface area (TPSA) is 103 Å². The van der Waals surface area contributed by atoms with Crippen LogP contribution in [-0.4, -0.2) is 45.4 Å². The number of carbonyl (C=O) groups excluding carboxylic acids is 3. The van der Waals surface area contributed by atoms with E-state index in [0.717, 1.165) is 17.3 Å². The number of hydrogen-bond acceptors (Lipinski definition) is 6. The van der Waals surface area contributed by atoms with Gasteiger partial charge in [0.1, 0.15) is 23.5 Å². The fourth-order valence-corrected chi connectivity index (χ4v) is 5.04.